The molecule has 7 nitrogen and oxygen atoms in total. The summed E-state index contributed by atoms with van der Waals surface area (Å²) in [6.45, 7) is 3.76. The maximum absolute atomic E-state index is 12.0. The van der Waals surface area contributed by atoms with Gasteiger partial charge < -0.3 is 18.9 Å². The lowest BCUT2D eigenvalue weighted by molar-refractivity contribution is -0.123. The molecule has 8 heteroatoms. The summed E-state index contributed by atoms with van der Waals surface area (Å²) in [7, 11) is 4.59. The summed E-state index contributed by atoms with van der Waals surface area (Å²) < 4.78 is 22.3. The first-order valence-corrected chi connectivity index (χ1v) is 9.20. The fraction of sp³-hybridized carbons (Fsp3) is 0.300. The third-order valence-electron chi connectivity index (χ3n) is 3.81. The molecule has 2 rings (SSSR count). The molecule has 0 spiro atoms. The number of hydrogen-bond acceptors (Lipinski definition) is 6. The summed E-state index contributed by atoms with van der Waals surface area (Å²) in [6.07, 6.45) is 1.48. The van der Waals surface area contributed by atoms with E-state index in [1.54, 1.807) is 12.1 Å². The molecular weight excluding hydrogens is 428 g/mol. The minimum atomic E-state index is -0.379. The predicted molar refractivity (Wildman–Crippen MR) is 111 cm³/mol. The van der Waals surface area contributed by atoms with E-state index in [-0.39, 0.29) is 12.5 Å². The Morgan fingerprint density at radius 3 is 2.21 bits per heavy atom. The lowest BCUT2D eigenvalue weighted by Crippen LogP contribution is -2.24. The van der Waals surface area contributed by atoms with E-state index in [1.165, 1.54) is 27.5 Å². The van der Waals surface area contributed by atoms with Crippen LogP contribution in [0, 0.1) is 13.8 Å². The predicted octanol–water partition coefficient (Wildman–Crippen LogP) is 3.62. The zero-order valence-electron chi connectivity index (χ0n) is 16.5. The number of aryl methyl sites for hydroxylation is 2. The molecule has 0 atom stereocenters. The zero-order valence-corrected chi connectivity index (χ0v) is 18.0. The number of carbonyl (C=O) groups is 1. The van der Waals surface area contributed by atoms with Gasteiger partial charge in [0.05, 0.1) is 32.0 Å². The van der Waals surface area contributed by atoms with E-state index in [9.17, 15) is 4.79 Å². The quantitative estimate of drug-likeness (QED) is 0.490. The molecule has 150 valence electrons. The summed E-state index contributed by atoms with van der Waals surface area (Å²) >= 11 is 3.45. The molecular formula is C20H23BrN2O5. The Morgan fingerprint density at radius 1 is 1.04 bits per heavy atom. The van der Waals surface area contributed by atoms with Crippen LogP contribution in [0.25, 0.3) is 0 Å². The van der Waals surface area contributed by atoms with Crippen molar-refractivity contribution in [1.82, 2.24) is 5.43 Å². The van der Waals surface area contributed by atoms with Crippen molar-refractivity contribution in [3.8, 4) is 23.0 Å². The molecule has 0 aromatic heterocycles. The van der Waals surface area contributed by atoms with Crippen molar-refractivity contribution in [2.75, 3.05) is 27.9 Å². The molecule has 0 unspecified atom stereocenters. The molecule has 0 fully saturated rings. The van der Waals surface area contributed by atoms with Crippen molar-refractivity contribution in [2.45, 2.75) is 13.8 Å². The second-order valence-corrected chi connectivity index (χ2v) is 6.79. The maximum atomic E-state index is 12.0. The molecule has 0 saturated carbocycles. The highest BCUT2D eigenvalue weighted by Crippen LogP contribution is 2.37. The number of carbonyl (C=O) groups excluding carboxylic acids is 1. The average molecular weight is 451 g/mol. The normalized spacial score (nSPS) is 10.6. The molecule has 0 aliphatic carbocycles. The second-order valence-electron chi connectivity index (χ2n) is 5.93. The summed E-state index contributed by atoms with van der Waals surface area (Å²) in [6, 6.07) is 7.37. The minimum absolute atomic E-state index is 0.158. The number of rotatable bonds is 8. The van der Waals surface area contributed by atoms with Crippen LogP contribution >= 0.6 is 15.9 Å². The van der Waals surface area contributed by atoms with Crippen LogP contribution in [0.5, 0.6) is 23.0 Å². The molecule has 0 radical (unpaired) electrons. The van der Waals surface area contributed by atoms with E-state index in [2.05, 4.69) is 26.5 Å². The monoisotopic (exact) mass is 450 g/mol. The fourth-order valence-corrected chi connectivity index (χ4v) is 3.40. The van der Waals surface area contributed by atoms with Gasteiger partial charge in [0.25, 0.3) is 5.91 Å². The van der Waals surface area contributed by atoms with E-state index >= 15 is 0 Å². The third-order valence-corrected chi connectivity index (χ3v) is 4.40. The molecule has 2 aromatic carbocycles. The van der Waals surface area contributed by atoms with E-state index in [1.807, 2.05) is 26.0 Å². The Labute approximate surface area is 172 Å². The van der Waals surface area contributed by atoms with E-state index < -0.39 is 0 Å². The number of amides is 1. The first kappa shape index (κ1) is 21.6. The molecule has 0 saturated heterocycles. The number of benzene rings is 2. The van der Waals surface area contributed by atoms with Gasteiger partial charge in [-0.3, -0.25) is 4.79 Å². The lowest BCUT2D eigenvalue weighted by atomic mass is 10.1. The summed E-state index contributed by atoms with van der Waals surface area (Å²) in [5.41, 5.74) is 5.16. The molecule has 0 heterocycles. The van der Waals surface area contributed by atoms with Crippen LogP contribution in [0.1, 0.15) is 16.7 Å². The minimum Gasteiger partial charge on any atom is -0.493 e. The number of methoxy groups -OCH3 is 3. The van der Waals surface area contributed by atoms with Gasteiger partial charge in [-0.05, 0) is 59.1 Å². The highest BCUT2D eigenvalue weighted by molar-refractivity contribution is 9.10. The van der Waals surface area contributed by atoms with Crippen LogP contribution in [0.2, 0.25) is 0 Å². The SMILES string of the molecule is COc1cc(/C=N\NC(=O)COc2c(C)cc(C)cc2Br)cc(OC)c1OC. The molecule has 1 amide bonds. The van der Waals surface area contributed by atoms with Crippen molar-refractivity contribution in [1.29, 1.82) is 0 Å². The van der Waals surface area contributed by atoms with Gasteiger partial charge in [0.1, 0.15) is 5.75 Å². The van der Waals surface area contributed by atoms with Crippen molar-refractivity contribution >= 4 is 28.1 Å². The molecule has 2 aromatic rings. The maximum Gasteiger partial charge on any atom is 0.277 e. The Hall–Kier alpha value is -2.74. The standard InChI is InChI=1S/C20H23BrN2O5/c1-12-6-13(2)19(15(21)7-12)28-11-18(24)23-22-10-14-8-16(25-3)20(27-5)17(9-14)26-4/h6-10H,11H2,1-5H3,(H,23,24)/b22-10-. The van der Waals surface area contributed by atoms with Gasteiger partial charge in [-0.1, -0.05) is 6.07 Å². The highest BCUT2D eigenvalue weighted by Gasteiger charge is 2.12. The van der Waals surface area contributed by atoms with Crippen LogP contribution in [0.4, 0.5) is 0 Å². The second kappa shape index (κ2) is 9.98. The Kier molecular flexibility index (Phi) is 7.69. The van der Waals surface area contributed by atoms with Crippen molar-refractivity contribution in [3.63, 3.8) is 0 Å². The van der Waals surface area contributed by atoms with Crippen LogP contribution in [0.3, 0.4) is 0 Å². The van der Waals surface area contributed by atoms with Crippen LogP contribution in [-0.2, 0) is 4.79 Å². The Bertz CT molecular complexity index is 835. The summed E-state index contributed by atoms with van der Waals surface area (Å²) in [5, 5.41) is 3.95. The molecule has 28 heavy (non-hydrogen) atoms. The number of nitrogens with one attached hydrogen (secondary N) is 1. The molecule has 0 aliphatic heterocycles. The van der Waals surface area contributed by atoms with Crippen molar-refractivity contribution < 1.29 is 23.7 Å². The van der Waals surface area contributed by atoms with Gasteiger partial charge in [-0.15, -0.1) is 0 Å². The van der Waals surface area contributed by atoms with Crippen molar-refractivity contribution in [3.05, 3.63) is 45.4 Å². The highest BCUT2D eigenvalue weighted by atomic mass is 79.9. The van der Waals surface area contributed by atoms with Crippen LogP contribution < -0.4 is 24.4 Å². The molecule has 1 N–H and O–H groups in total. The number of nitrogens with zero attached hydrogens (tertiary/aromatic N) is 1. The van der Waals surface area contributed by atoms with Gasteiger partial charge in [-0.2, -0.15) is 5.10 Å². The molecule has 0 aliphatic rings. The van der Waals surface area contributed by atoms with Gasteiger partial charge >= 0.3 is 0 Å². The van der Waals surface area contributed by atoms with Gasteiger partial charge in [-0.25, -0.2) is 5.43 Å². The smallest absolute Gasteiger partial charge is 0.277 e. The Balaban J connectivity index is 2.00. The van der Waals surface area contributed by atoms with Crippen LogP contribution in [-0.4, -0.2) is 40.1 Å². The lowest BCUT2D eigenvalue weighted by Gasteiger charge is -2.12. The third kappa shape index (κ3) is 5.39. The fourth-order valence-electron chi connectivity index (χ4n) is 2.61. The first-order chi connectivity index (χ1) is 13.4. The summed E-state index contributed by atoms with van der Waals surface area (Å²) in [4.78, 5) is 12.0. The van der Waals surface area contributed by atoms with E-state index in [4.69, 9.17) is 18.9 Å². The van der Waals surface area contributed by atoms with Crippen LogP contribution in [0.15, 0.2) is 33.8 Å². The number of hydrazone groups is 1. The summed E-state index contributed by atoms with van der Waals surface area (Å²) in [5.74, 6) is 1.74. The van der Waals surface area contributed by atoms with E-state index in [0.717, 1.165) is 15.6 Å². The Morgan fingerprint density at radius 2 is 1.68 bits per heavy atom. The molecule has 0 bridgehead atoms. The number of hydrogen-bond donors (Lipinski definition) is 1. The van der Waals surface area contributed by atoms with Crippen molar-refractivity contribution in [2.24, 2.45) is 5.10 Å². The van der Waals surface area contributed by atoms with Gasteiger partial charge in [0.15, 0.2) is 18.1 Å². The zero-order chi connectivity index (χ0) is 20.7. The first-order valence-electron chi connectivity index (χ1n) is 8.41. The topological polar surface area (TPSA) is 78.4 Å². The van der Waals surface area contributed by atoms with Gasteiger partial charge in [0.2, 0.25) is 5.75 Å². The number of halogens is 1. The average Bonchev–Trinajstić information content (AvgIpc) is 2.66. The van der Waals surface area contributed by atoms with Gasteiger partial charge in [0, 0.05) is 5.56 Å². The number of ether oxygens (including phenoxy) is 4. The largest absolute Gasteiger partial charge is 0.493 e. The van der Waals surface area contributed by atoms with E-state index in [0.29, 0.717) is 28.6 Å².